The van der Waals surface area contributed by atoms with E-state index >= 15 is 0 Å². The first kappa shape index (κ1) is 31.2. The molecule has 11 aromatic rings. The Morgan fingerprint density at radius 2 is 0.873 bits per heavy atom. The van der Waals surface area contributed by atoms with Crippen LogP contribution in [0.2, 0.25) is 0 Å². The first-order chi connectivity index (χ1) is 27.2. The van der Waals surface area contributed by atoms with Crippen LogP contribution in [-0.2, 0) is 0 Å². The summed E-state index contributed by atoms with van der Waals surface area (Å²) in [5.41, 5.74) is 13.7. The van der Waals surface area contributed by atoms with Gasteiger partial charge in [-0.2, -0.15) is 0 Å². The molecule has 0 atom stereocenters. The van der Waals surface area contributed by atoms with Gasteiger partial charge < -0.3 is 13.7 Å². The van der Waals surface area contributed by atoms with Crippen molar-refractivity contribution in [2.75, 3.05) is 4.90 Å². The summed E-state index contributed by atoms with van der Waals surface area (Å²) in [5.74, 6) is 0. The minimum atomic E-state index is 0.899. The van der Waals surface area contributed by atoms with Gasteiger partial charge in [-0.3, -0.25) is 0 Å². The summed E-state index contributed by atoms with van der Waals surface area (Å²) in [6, 6.07) is 71.1. The Morgan fingerprint density at radius 1 is 0.291 bits per heavy atom. The number of rotatable bonds is 6. The Labute approximate surface area is 317 Å². The van der Waals surface area contributed by atoms with Crippen LogP contribution < -0.4 is 4.90 Å². The van der Waals surface area contributed by atoms with Crippen LogP contribution >= 0.6 is 0 Å². The number of benzene rings is 9. The molecule has 3 heteroatoms. The van der Waals surface area contributed by atoms with Gasteiger partial charge >= 0.3 is 0 Å². The molecular weight excluding hydrogens is 671 g/mol. The zero-order valence-electron chi connectivity index (χ0n) is 29.8. The van der Waals surface area contributed by atoms with Gasteiger partial charge in [0.2, 0.25) is 0 Å². The normalized spacial score (nSPS) is 11.6. The van der Waals surface area contributed by atoms with E-state index in [2.05, 4.69) is 181 Å². The minimum Gasteiger partial charge on any atom is -0.456 e. The van der Waals surface area contributed by atoms with Gasteiger partial charge in [-0.15, -0.1) is 0 Å². The van der Waals surface area contributed by atoms with Crippen LogP contribution in [0.5, 0.6) is 0 Å². The van der Waals surface area contributed by atoms with Crippen LogP contribution in [0.3, 0.4) is 0 Å². The average molecular weight is 704 g/mol. The van der Waals surface area contributed by atoms with Crippen molar-refractivity contribution in [3.8, 4) is 33.4 Å². The number of anilines is 3. The van der Waals surface area contributed by atoms with E-state index in [-0.39, 0.29) is 0 Å². The van der Waals surface area contributed by atoms with Gasteiger partial charge in [0.1, 0.15) is 22.3 Å². The number of hydrogen-bond acceptors (Lipinski definition) is 3. The minimum absolute atomic E-state index is 0.899. The first-order valence-electron chi connectivity index (χ1n) is 18.7. The van der Waals surface area contributed by atoms with Gasteiger partial charge in [0.05, 0.1) is 0 Å². The Bertz CT molecular complexity index is 3190. The molecule has 0 unspecified atom stereocenters. The number of hydrogen-bond donors (Lipinski definition) is 0. The predicted molar refractivity (Wildman–Crippen MR) is 229 cm³/mol. The van der Waals surface area contributed by atoms with Gasteiger partial charge in [-0.1, -0.05) is 133 Å². The molecule has 2 heterocycles. The molecule has 0 spiro atoms. The van der Waals surface area contributed by atoms with Crippen molar-refractivity contribution < 1.29 is 8.83 Å². The highest BCUT2D eigenvalue weighted by molar-refractivity contribution is 6.11. The fourth-order valence-electron chi connectivity index (χ4n) is 8.12. The monoisotopic (exact) mass is 703 g/mol. The maximum Gasteiger partial charge on any atom is 0.143 e. The Balaban J connectivity index is 1.00. The lowest BCUT2D eigenvalue weighted by Crippen LogP contribution is -2.10. The molecule has 0 radical (unpaired) electrons. The molecule has 0 saturated heterocycles. The lowest BCUT2D eigenvalue weighted by Gasteiger charge is -2.26. The summed E-state index contributed by atoms with van der Waals surface area (Å²) in [6.07, 6.45) is 0. The van der Waals surface area contributed by atoms with Crippen molar-refractivity contribution in [2.45, 2.75) is 0 Å². The van der Waals surface area contributed by atoms with Crippen molar-refractivity contribution in [1.29, 1.82) is 0 Å². The zero-order valence-corrected chi connectivity index (χ0v) is 29.8. The molecule has 2 aromatic heterocycles. The highest BCUT2D eigenvalue weighted by atomic mass is 16.3. The van der Waals surface area contributed by atoms with E-state index in [0.717, 1.165) is 83.0 Å². The van der Waals surface area contributed by atoms with Gasteiger partial charge in [-0.25, -0.2) is 0 Å². The van der Waals surface area contributed by atoms with Crippen molar-refractivity contribution in [2.24, 2.45) is 0 Å². The van der Waals surface area contributed by atoms with Crippen LogP contribution in [0, 0.1) is 0 Å². The summed E-state index contributed by atoms with van der Waals surface area (Å²) in [4.78, 5) is 2.34. The lowest BCUT2D eigenvalue weighted by atomic mass is 9.99. The van der Waals surface area contributed by atoms with Crippen LogP contribution in [0.15, 0.2) is 209 Å². The second-order valence-electron chi connectivity index (χ2n) is 14.1. The molecule has 3 nitrogen and oxygen atoms in total. The summed E-state index contributed by atoms with van der Waals surface area (Å²) in [6.45, 7) is 0. The van der Waals surface area contributed by atoms with Gasteiger partial charge in [0, 0.05) is 44.2 Å². The number of para-hydroxylation sites is 3. The van der Waals surface area contributed by atoms with Crippen molar-refractivity contribution >= 4 is 71.7 Å². The van der Waals surface area contributed by atoms with Crippen molar-refractivity contribution in [1.82, 2.24) is 0 Å². The molecule has 0 N–H and O–H groups in total. The van der Waals surface area contributed by atoms with Crippen LogP contribution in [-0.4, -0.2) is 0 Å². The van der Waals surface area contributed by atoms with Crippen molar-refractivity contribution in [3.05, 3.63) is 200 Å². The molecule has 0 bridgehead atoms. The smallest absolute Gasteiger partial charge is 0.143 e. The Kier molecular flexibility index (Phi) is 7.17. The fraction of sp³-hybridized carbons (Fsp3) is 0. The molecular formula is C52H33NO2. The Morgan fingerprint density at radius 3 is 1.64 bits per heavy atom. The number of nitrogens with zero attached hydrogens (tertiary/aromatic N) is 1. The zero-order chi connectivity index (χ0) is 36.3. The molecule has 55 heavy (non-hydrogen) atoms. The third-order valence-electron chi connectivity index (χ3n) is 10.8. The molecule has 258 valence electrons. The fourth-order valence-corrected chi connectivity index (χ4v) is 8.12. The second kappa shape index (κ2) is 12.6. The molecule has 0 aliphatic heterocycles. The quantitative estimate of drug-likeness (QED) is 0.173. The maximum absolute atomic E-state index is 6.46. The van der Waals surface area contributed by atoms with E-state index in [1.54, 1.807) is 0 Å². The molecule has 11 rings (SSSR count). The van der Waals surface area contributed by atoms with E-state index in [1.165, 1.54) is 22.1 Å². The van der Waals surface area contributed by atoms with Crippen LogP contribution in [0.1, 0.15) is 0 Å². The topological polar surface area (TPSA) is 29.5 Å². The molecule has 0 amide bonds. The number of fused-ring (bicyclic) bond motifs is 7. The summed E-state index contributed by atoms with van der Waals surface area (Å²) >= 11 is 0. The maximum atomic E-state index is 6.46. The SMILES string of the molecule is c1ccc(-c2ccc(N(c3ccc(-c4ccc5cc6oc7ccccc7c6cc5c4)cc3)c3cccc(-c4cccc5c4oc4ccccc45)c3)cc2)cc1. The Hall–Kier alpha value is -7.36. The highest BCUT2D eigenvalue weighted by Gasteiger charge is 2.17. The first-order valence-corrected chi connectivity index (χ1v) is 18.7. The second-order valence-corrected chi connectivity index (χ2v) is 14.1. The number of furan rings is 2. The van der Waals surface area contributed by atoms with Gasteiger partial charge in [0.15, 0.2) is 0 Å². The van der Waals surface area contributed by atoms with E-state index in [9.17, 15) is 0 Å². The van der Waals surface area contributed by atoms with Crippen LogP contribution in [0.4, 0.5) is 17.1 Å². The molecule has 0 aliphatic rings. The van der Waals surface area contributed by atoms with E-state index < -0.39 is 0 Å². The van der Waals surface area contributed by atoms with Crippen molar-refractivity contribution in [3.63, 3.8) is 0 Å². The lowest BCUT2D eigenvalue weighted by molar-refractivity contribution is 0.669. The van der Waals surface area contributed by atoms with E-state index in [1.807, 2.05) is 24.3 Å². The van der Waals surface area contributed by atoms with Gasteiger partial charge in [0.25, 0.3) is 0 Å². The summed E-state index contributed by atoms with van der Waals surface area (Å²) in [5, 5.41) is 6.89. The van der Waals surface area contributed by atoms with Gasteiger partial charge in [-0.05, 0) is 105 Å². The van der Waals surface area contributed by atoms with Crippen LogP contribution in [0.25, 0.3) is 88.0 Å². The summed E-state index contributed by atoms with van der Waals surface area (Å²) in [7, 11) is 0. The van der Waals surface area contributed by atoms with E-state index in [4.69, 9.17) is 8.83 Å². The third-order valence-corrected chi connectivity index (χ3v) is 10.8. The van der Waals surface area contributed by atoms with E-state index in [0.29, 0.717) is 0 Å². The third kappa shape index (κ3) is 5.36. The molecule has 0 fully saturated rings. The largest absolute Gasteiger partial charge is 0.456 e. The predicted octanol–water partition coefficient (Wildman–Crippen LogP) is 15.1. The average Bonchev–Trinajstić information content (AvgIpc) is 3.82. The standard InChI is InChI=1S/C52H33NO2/c1-2-10-34(11-3-1)35-22-26-41(27-23-35)53(43-13-8-12-39(31-43)44-16-9-17-47-45-14-4-7-19-50(45)55-52(44)47)42-28-24-36(25-29-42)37-20-21-38-33-51-48(32-40(38)30-37)46-15-5-6-18-49(46)54-51/h1-33H. The summed E-state index contributed by atoms with van der Waals surface area (Å²) < 4.78 is 12.6. The molecule has 0 aliphatic carbocycles. The molecule has 0 saturated carbocycles. The highest BCUT2D eigenvalue weighted by Crippen LogP contribution is 2.41. The molecule has 9 aromatic carbocycles.